The van der Waals surface area contributed by atoms with E-state index in [9.17, 15) is 0 Å². The Labute approximate surface area is 134 Å². The summed E-state index contributed by atoms with van der Waals surface area (Å²) in [5.74, 6) is 0. The van der Waals surface area contributed by atoms with Gasteiger partial charge in [0.2, 0.25) is 0 Å². The standard InChI is InChI=1S/3C4H9O.Al.B.Li.H/c3*1-4(2,3)5;;;;/h3*1-3H3;;;;/q3*-1;+3;;+1;-1. The average Bonchev–Trinajstić information content (AvgIpc) is 1.70. The zero-order valence-electron chi connectivity index (χ0n) is 14.9. The van der Waals surface area contributed by atoms with Crippen LogP contribution in [0.3, 0.4) is 0 Å². The van der Waals surface area contributed by atoms with E-state index in [1.54, 1.807) is 0 Å². The second kappa shape index (κ2) is 8.38. The zero-order chi connectivity index (χ0) is 13.2. The predicted octanol–water partition coefficient (Wildman–Crippen LogP) is 0.152. The van der Waals surface area contributed by atoms with Crippen LogP contribution in [0.15, 0.2) is 0 Å². The molecule has 0 aliphatic carbocycles. The fraction of sp³-hybridized carbons (Fsp3) is 1.00. The van der Waals surface area contributed by atoms with Crippen molar-refractivity contribution >= 4 is 23.6 Å². The first-order valence-electron chi connectivity index (χ1n) is 5.82. The molecule has 0 aliphatic heterocycles. The maximum Gasteiger partial charge on any atom is 1.00 e. The van der Waals surface area contributed by atoms with Gasteiger partial charge in [0.1, 0.15) is 0 Å². The van der Waals surface area contributed by atoms with Gasteiger partial charge in [0.25, 0.3) is 0 Å². The first-order chi connectivity index (χ1) is 6.79. The van der Waals surface area contributed by atoms with Crippen molar-refractivity contribution in [2.45, 2.75) is 79.1 Å². The fourth-order valence-corrected chi connectivity index (χ4v) is 2.81. The van der Waals surface area contributed by atoms with E-state index in [1.165, 1.54) is 0 Å². The number of hydrogen-bond donors (Lipinski definition) is 0. The minimum Gasteiger partial charge on any atom is -1.00 e. The SMILES string of the molecule is CC(C)(C)[O][Al]([O]C(C)(C)C)[O]C(C)(C)C.[B].[H-].[Li+]. The summed E-state index contributed by atoms with van der Waals surface area (Å²) < 4.78 is 17.7. The molecule has 0 aromatic carbocycles. The number of rotatable bonds is 3. The molecule has 0 aromatic heterocycles. The maximum absolute atomic E-state index is 5.88. The van der Waals surface area contributed by atoms with Gasteiger partial charge in [-0.2, -0.15) is 0 Å². The summed E-state index contributed by atoms with van der Waals surface area (Å²) in [4.78, 5) is 0. The third kappa shape index (κ3) is 17.1. The Morgan fingerprint density at radius 2 is 0.778 bits per heavy atom. The minimum absolute atomic E-state index is 0. The van der Waals surface area contributed by atoms with Crippen LogP contribution in [0.1, 0.15) is 63.7 Å². The van der Waals surface area contributed by atoms with Crippen LogP contribution < -0.4 is 18.9 Å². The van der Waals surface area contributed by atoms with E-state index in [4.69, 9.17) is 11.4 Å². The van der Waals surface area contributed by atoms with E-state index in [-0.39, 0.29) is 45.5 Å². The van der Waals surface area contributed by atoms with Gasteiger partial charge in [-0.3, -0.25) is 0 Å². The molecule has 0 aliphatic rings. The van der Waals surface area contributed by atoms with E-state index in [2.05, 4.69) is 0 Å². The predicted molar refractivity (Wildman–Crippen MR) is 75.1 cm³/mol. The second-order valence-electron chi connectivity index (χ2n) is 6.98. The van der Waals surface area contributed by atoms with Crippen molar-refractivity contribution in [3.05, 3.63) is 0 Å². The van der Waals surface area contributed by atoms with E-state index in [0.29, 0.717) is 0 Å². The zero-order valence-corrected chi connectivity index (χ0v) is 15.0. The van der Waals surface area contributed by atoms with Crippen molar-refractivity contribution in [2.24, 2.45) is 0 Å². The molecule has 18 heavy (non-hydrogen) atoms. The Bertz CT molecular complexity index is 186. The third-order valence-corrected chi connectivity index (χ3v) is 4.05. The normalized spacial score (nSPS) is 12.5. The summed E-state index contributed by atoms with van der Waals surface area (Å²) in [6, 6.07) is 0. The Balaban J connectivity index is -0.000000375. The van der Waals surface area contributed by atoms with E-state index in [0.717, 1.165) is 0 Å². The first-order valence-corrected chi connectivity index (χ1v) is 7.23. The smallest absolute Gasteiger partial charge is 1.00 e. The molecule has 0 aromatic rings. The van der Waals surface area contributed by atoms with Crippen LogP contribution in [0, 0.1) is 0 Å². The van der Waals surface area contributed by atoms with Crippen LogP contribution in [-0.4, -0.2) is 40.4 Å². The van der Waals surface area contributed by atoms with Crippen LogP contribution in [0.4, 0.5) is 0 Å². The van der Waals surface area contributed by atoms with Crippen LogP contribution >= 0.6 is 0 Å². The van der Waals surface area contributed by atoms with Gasteiger partial charge >= 0.3 is 34.0 Å². The van der Waals surface area contributed by atoms with Gasteiger partial charge < -0.3 is 12.8 Å². The minimum atomic E-state index is -2.11. The molecule has 0 atom stereocenters. The van der Waals surface area contributed by atoms with Gasteiger partial charge in [-0.15, -0.1) is 0 Å². The summed E-state index contributed by atoms with van der Waals surface area (Å²) in [5.41, 5.74) is -0.686. The summed E-state index contributed by atoms with van der Waals surface area (Å²) in [5, 5.41) is 0. The quantitative estimate of drug-likeness (QED) is 0.680. The number of hydrogen-bond acceptors (Lipinski definition) is 3. The fourth-order valence-electron chi connectivity index (χ4n) is 0.938. The van der Waals surface area contributed by atoms with Crippen molar-refractivity contribution in [3.63, 3.8) is 0 Å². The molecule has 0 spiro atoms. The van der Waals surface area contributed by atoms with Crippen molar-refractivity contribution in [2.75, 3.05) is 0 Å². The van der Waals surface area contributed by atoms with Gasteiger partial charge in [0, 0.05) is 25.2 Å². The molecule has 0 fully saturated rings. The third-order valence-electron chi connectivity index (χ3n) is 1.35. The summed E-state index contributed by atoms with van der Waals surface area (Å²) in [6.07, 6.45) is 0. The second-order valence-corrected chi connectivity index (χ2v) is 8.26. The van der Waals surface area contributed by atoms with Gasteiger partial charge in [-0.25, -0.2) is 0 Å². The molecular weight excluding hydrogens is 237 g/mol. The van der Waals surface area contributed by atoms with Gasteiger partial charge in [0.15, 0.2) is 0 Å². The molecule has 3 radical (unpaired) electrons. The summed E-state index contributed by atoms with van der Waals surface area (Å²) in [6.45, 7) is 18.2. The largest absolute Gasteiger partial charge is 1.00 e. The summed E-state index contributed by atoms with van der Waals surface area (Å²) >= 11 is -2.11. The van der Waals surface area contributed by atoms with Crippen LogP contribution in [0.25, 0.3) is 0 Å². The molecule has 0 saturated carbocycles. The Hall–Kier alpha value is 1.07. The molecule has 0 bridgehead atoms. The average molecular weight is 265 g/mol. The van der Waals surface area contributed by atoms with Gasteiger partial charge in [-0.1, -0.05) is 0 Å². The Kier molecular flexibility index (Phi) is 11.2. The van der Waals surface area contributed by atoms with Crippen LogP contribution in [-0.2, 0) is 11.4 Å². The molecule has 6 heteroatoms. The molecule has 0 N–H and O–H groups in total. The van der Waals surface area contributed by atoms with Gasteiger partial charge in [-0.05, 0) is 62.3 Å². The van der Waals surface area contributed by atoms with Crippen molar-refractivity contribution < 1.29 is 31.7 Å². The molecule has 3 nitrogen and oxygen atoms in total. The topological polar surface area (TPSA) is 27.7 Å². The molecular formula is C12H28AlBLiO3. The van der Waals surface area contributed by atoms with E-state index in [1.807, 2.05) is 62.3 Å². The van der Waals surface area contributed by atoms with Crippen molar-refractivity contribution in [1.29, 1.82) is 0 Å². The molecule has 101 valence electrons. The molecule has 0 unspecified atom stereocenters. The molecule has 0 heterocycles. The van der Waals surface area contributed by atoms with Gasteiger partial charge in [0.05, 0.1) is 0 Å². The summed E-state index contributed by atoms with van der Waals surface area (Å²) in [7, 11) is 0. The Morgan fingerprint density at radius 3 is 0.889 bits per heavy atom. The maximum atomic E-state index is 5.88. The monoisotopic (exact) mass is 265 g/mol. The van der Waals surface area contributed by atoms with Crippen LogP contribution in [0.2, 0.25) is 0 Å². The first kappa shape index (κ1) is 24.1. The molecule has 0 rings (SSSR count). The Morgan fingerprint density at radius 1 is 0.611 bits per heavy atom. The van der Waals surface area contributed by atoms with Crippen LogP contribution in [0.5, 0.6) is 0 Å². The van der Waals surface area contributed by atoms with E-state index < -0.39 is 15.1 Å². The molecule has 0 amide bonds. The van der Waals surface area contributed by atoms with Crippen molar-refractivity contribution in [3.8, 4) is 0 Å². The van der Waals surface area contributed by atoms with Crippen molar-refractivity contribution in [1.82, 2.24) is 0 Å². The van der Waals surface area contributed by atoms with E-state index >= 15 is 0 Å². The molecule has 0 saturated heterocycles.